The number of rotatable bonds is 4. The van der Waals surface area contributed by atoms with Gasteiger partial charge in [0.2, 0.25) is 17.7 Å². The number of allylic oxidation sites excluding steroid dienone is 2. The average Bonchev–Trinajstić information content (AvgIpc) is 3.32. The van der Waals surface area contributed by atoms with Crippen molar-refractivity contribution in [2.24, 2.45) is 17.8 Å². The SMILES string of the molecule is CC1=CC[C@@H]2C(=O)N(c3ccc(OC(=O)[C@@H]4CC(=O)N(c5ccccc5)C4)cc3C)C(=O)[C@H]2C1. The normalized spacial score (nSPS) is 24.4. The molecule has 2 fully saturated rings. The maximum absolute atomic E-state index is 13.0. The van der Waals surface area contributed by atoms with Gasteiger partial charge in [-0.15, -0.1) is 0 Å². The first-order valence-corrected chi connectivity index (χ1v) is 11.5. The Morgan fingerprint density at radius 2 is 1.68 bits per heavy atom. The summed E-state index contributed by atoms with van der Waals surface area (Å²) < 4.78 is 5.58. The van der Waals surface area contributed by atoms with Crippen molar-refractivity contribution >= 4 is 35.1 Å². The van der Waals surface area contributed by atoms with Crippen molar-refractivity contribution in [3.05, 3.63) is 65.7 Å². The Morgan fingerprint density at radius 3 is 2.41 bits per heavy atom. The Morgan fingerprint density at radius 1 is 0.941 bits per heavy atom. The zero-order valence-corrected chi connectivity index (χ0v) is 19.2. The van der Waals surface area contributed by atoms with Gasteiger partial charge in [-0.1, -0.05) is 29.8 Å². The monoisotopic (exact) mass is 458 g/mol. The molecule has 2 saturated heterocycles. The summed E-state index contributed by atoms with van der Waals surface area (Å²) in [4.78, 5) is 54.1. The van der Waals surface area contributed by atoms with Gasteiger partial charge in [0.05, 0.1) is 23.4 Å². The number of carbonyl (C=O) groups is 4. The number of ether oxygens (including phenoxy) is 1. The van der Waals surface area contributed by atoms with E-state index in [9.17, 15) is 19.2 Å². The fraction of sp³-hybridized carbons (Fsp3) is 0.333. The fourth-order valence-electron chi connectivity index (χ4n) is 5.14. The lowest BCUT2D eigenvalue weighted by atomic mass is 9.82. The zero-order chi connectivity index (χ0) is 24.0. The molecule has 3 atom stereocenters. The molecule has 2 aliphatic heterocycles. The molecule has 7 heteroatoms. The molecule has 0 bridgehead atoms. The Balaban J connectivity index is 1.28. The first-order chi connectivity index (χ1) is 16.3. The van der Waals surface area contributed by atoms with Crippen molar-refractivity contribution in [3.8, 4) is 5.75 Å². The largest absolute Gasteiger partial charge is 0.426 e. The van der Waals surface area contributed by atoms with Gasteiger partial charge in [0.1, 0.15) is 5.75 Å². The molecule has 0 radical (unpaired) electrons. The van der Waals surface area contributed by atoms with Crippen molar-refractivity contribution in [3.63, 3.8) is 0 Å². The highest BCUT2D eigenvalue weighted by Gasteiger charge is 2.49. The van der Waals surface area contributed by atoms with Crippen LogP contribution in [-0.2, 0) is 19.2 Å². The number of amides is 3. The summed E-state index contributed by atoms with van der Waals surface area (Å²) >= 11 is 0. The standard InChI is InChI=1S/C27H26N2O5/c1-16-8-10-21-22(12-16)26(32)29(25(21)31)23-11-9-20(13-17(23)2)34-27(33)18-14-24(30)28(15-18)19-6-4-3-5-7-19/h3-9,11,13,18,21-22H,10,12,14-15H2,1-2H3/t18-,21+,22+/m1/s1. The molecule has 1 aliphatic carbocycles. The number of esters is 1. The van der Waals surface area contributed by atoms with E-state index in [0.717, 1.165) is 11.3 Å². The summed E-state index contributed by atoms with van der Waals surface area (Å²) in [7, 11) is 0. The number of hydrogen-bond acceptors (Lipinski definition) is 5. The smallest absolute Gasteiger partial charge is 0.316 e. The minimum atomic E-state index is -0.562. The van der Waals surface area contributed by atoms with E-state index in [4.69, 9.17) is 4.74 Å². The molecule has 0 aromatic heterocycles. The summed E-state index contributed by atoms with van der Waals surface area (Å²) in [5.41, 5.74) is 3.09. The van der Waals surface area contributed by atoms with Crippen molar-refractivity contribution in [1.29, 1.82) is 0 Å². The van der Waals surface area contributed by atoms with Crippen LogP contribution >= 0.6 is 0 Å². The van der Waals surface area contributed by atoms with Gasteiger partial charge >= 0.3 is 5.97 Å². The van der Waals surface area contributed by atoms with Gasteiger partial charge in [-0.3, -0.25) is 19.2 Å². The zero-order valence-electron chi connectivity index (χ0n) is 19.2. The van der Waals surface area contributed by atoms with Crippen LogP contribution in [0.1, 0.15) is 31.7 Å². The van der Waals surface area contributed by atoms with Gasteiger partial charge in [-0.2, -0.15) is 0 Å². The molecule has 34 heavy (non-hydrogen) atoms. The van der Waals surface area contributed by atoms with Crippen molar-refractivity contribution in [1.82, 2.24) is 0 Å². The first kappa shape index (κ1) is 22.1. The topological polar surface area (TPSA) is 84.0 Å². The lowest BCUT2D eigenvalue weighted by molar-refractivity contribution is -0.139. The predicted molar refractivity (Wildman–Crippen MR) is 126 cm³/mol. The Bertz CT molecular complexity index is 1220. The molecule has 3 amide bonds. The van der Waals surface area contributed by atoms with E-state index >= 15 is 0 Å². The van der Waals surface area contributed by atoms with Crippen molar-refractivity contribution in [2.45, 2.75) is 33.1 Å². The van der Waals surface area contributed by atoms with E-state index in [-0.39, 0.29) is 42.5 Å². The Hall–Kier alpha value is -3.74. The van der Waals surface area contributed by atoms with Gasteiger partial charge in [0, 0.05) is 18.7 Å². The molecular weight excluding hydrogens is 432 g/mol. The Kier molecular flexibility index (Phi) is 5.55. The average molecular weight is 459 g/mol. The van der Waals surface area contributed by atoms with Crippen molar-refractivity contribution < 1.29 is 23.9 Å². The van der Waals surface area contributed by atoms with Crippen LogP contribution in [0.15, 0.2) is 60.2 Å². The number of imide groups is 1. The summed E-state index contributed by atoms with van der Waals surface area (Å²) in [6, 6.07) is 14.1. The molecule has 174 valence electrons. The summed E-state index contributed by atoms with van der Waals surface area (Å²) in [6.07, 6.45) is 3.34. The van der Waals surface area contributed by atoms with Crippen LogP contribution in [0.25, 0.3) is 0 Å². The molecule has 2 aromatic rings. The third-order valence-corrected chi connectivity index (χ3v) is 6.98. The number of carbonyl (C=O) groups excluding carboxylic acids is 4. The number of para-hydroxylation sites is 1. The molecule has 7 nitrogen and oxygen atoms in total. The van der Waals surface area contributed by atoms with Crippen LogP contribution in [0.4, 0.5) is 11.4 Å². The Labute approximate surface area is 198 Å². The lowest BCUT2D eigenvalue weighted by Crippen LogP contribution is -2.31. The quantitative estimate of drug-likeness (QED) is 0.301. The van der Waals surface area contributed by atoms with Crippen molar-refractivity contribution in [2.75, 3.05) is 16.3 Å². The van der Waals surface area contributed by atoms with Crippen LogP contribution in [-0.4, -0.2) is 30.2 Å². The predicted octanol–water partition coefficient (Wildman–Crippen LogP) is 3.80. The minimum absolute atomic E-state index is 0.0950. The number of fused-ring (bicyclic) bond motifs is 1. The third kappa shape index (κ3) is 3.81. The molecular formula is C27H26N2O5. The second-order valence-corrected chi connectivity index (χ2v) is 9.33. The second kappa shape index (κ2) is 8.56. The number of aryl methyl sites for hydroxylation is 1. The highest BCUT2D eigenvalue weighted by molar-refractivity contribution is 6.22. The molecule has 2 aromatic carbocycles. The highest BCUT2D eigenvalue weighted by Crippen LogP contribution is 2.41. The van der Waals surface area contributed by atoms with Gasteiger partial charge in [0.15, 0.2) is 0 Å². The number of hydrogen-bond donors (Lipinski definition) is 0. The number of anilines is 2. The molecule has 0 spiro atoms. The molecule has 2 heterocycles. The van der Waals surface area contributed by atoms with Crippen LogP contribution in [0.2, 0.25) is 0 Å². The van der Waals surface area contributed by atoms with Gasteiger partial charge in [-0.25, -0.2) is 4.90 Å². The van der Waals surface area contributed by atoms with Crippen LogP contribution in [0.3, 0.4) is 0 Å². The number of nitrogens with zero attached hydrogens (tertiary/aromatic N) is 2. The minimum Gasteiger partial charge on any atom is -0.426 e. The summed E-state index contributed by atoms with van der Waals surface area (Å²) in [6.45, 7) is 4.04. The maximum Gasteiger partial charge on any atom is 0.316 e. The van der Waals surface area contributed by atoms with E-state index in [0.29, 0.717) is 29.8 Å². The van der Waals surface area contributed by atoms with E-state index in [1.807, 2.05) is 43.3 Å². The van der Waals surface area contributed by atoms with E-state index < -0.39 is 11.9 Å². The number of benzene rings is 2. The van der Waals surface area contributed by atoms with Crippen LogP contribution in [0, 0.1) is 24.7 Å². The lowest BCUT2D eigenvalue weighted by Gasteiger charge is -2.19. The molecule has 3 aliphatic rings. The van der Waals surface area contributed by atoms with Crippen LogP contribution < -0.4 is 14.5 Å². The van der Waals surface area contributed by atoms with Gasteiger partial charge in [-0.05, 0) is 62.6 Å². The summed E-state index contributed by atoms with van der Waals surface area (Å²) in [5.74, 6) is -1.77. The summed E-state index contributed by atoms with van der Waals surface area (Å²) in [5, 5.41) is 0. The van der Waals surface area contributed by atoms with E-state index in [1.54, 1.807) is 30.0 Å². The second-order valence-electron chi connectivity index (χ2n) is 9.33. The first-order valence-electron chi connectivity index (χ1n) is 11.5. The van der Waals surface area contributed by atoms with E-state index in [2.05, 4.69) is 0 Å². The molecule has 0 saturated carbocycles. The maximum atomic E-state index is 13.0. The van der Waals surface area contributed by atoms with Gasteiger partial charge < -0.3 is 9.64 Å². The third-order valence-electron chi connectivity index (χ3n) is 6.98. The molecule has 0 unspecified atom stereocenters. The molecule has 5 rings (SSSR count). The van der Waals surface area contributed by atoms with E-state index in [1.165, 1.54) is 4.90 Å². The molecule has 0 N–H and O–H groups in total. The van der Waals surface area contributed by atoms with Gasteiger partial charge in [0.25, 0.3) is 0 Å². The van der Waals surface area contributed by atoms with Crippen LogP contribution in [0.5, 0.6) is 5.75 Å². The fourth-order valence-corrected chi connectivity index (χ4v) is 5.14. The highest BCUT2D eigenvalue weighted by atomic mass is 16.5.